The number of ether oxygens (including phenoxy) is 2. The normalized spacial score (nSPS) is 12.9. The smallest absolute Gasteiger partial charge is 0.152 e. The lowest BCUT2D eigenvalue weighted by molar-refractivity contribution is 0.0439. The fraction of sp³-hybridized carbons (Fsp3) is 0.333. The lowest BCUT2D eigenvalue weighted by Crippen LogP contribution is -2.10. The second-order valence-corrected chi connectivity index (χ2v) is 4.81. The van der Waals surface area contributed by atoms with Gasteiger partial charge >= 0.3 is 0 Å². The Balaban J connectivity index is 2.11. The first kappa shape index (κ1) is 15.4. The molecule has 0 bridgehead atoms. The van der Waals surface area contributed by atoms with E-state index in [0.717, 1.165) is 29.5 Å². The summed E-state index contributed by atoms with van der Waals surface area (Å²) in [6.07, 6.45) is 10.00. The van der Waals surface area contributed by atoms with E-state index in [1.807, 2.05) is 30.5 Å². The van der Waals surface area contributed by atoms with Crippen LogP contribution in [0.5, 0.6) is 5.75 Å². The number of fused-ring (bicyclic) bond motifs is 1. The predicted molar refractivity (Wildman–Crippen MR) is 87.7 cm³/mol. The van der Waals surface area contributed by atoms with Crippen molar-refractivity contribution in [1.82, 2.24) is 4.57 Å². The van der Waals surface area contributed by atoms with E-state index in [0.29, 0.717) is 6.61 Å². The topological polar surface area (TPSA) is 23.4 Å². The third-order valence-corrected chi connectivity index (χ3v) is 3.38. The molecule has 1 aromatic heterocycles. The van der Waals surface area contributed by atoms with Crippen molar-refractivity contribution in [2.75, 3.05) is 13.7 Å². The molecule has 21 heavy (non-hydrogen) atoms. The summed E-state index contributed by atoms with van der Waals surface area (Å²) in [6.45, 7) is 6.70. The molecule has 112 valence electrons. The van der Waals surface area contributed by atoms with Crippen LogP contribution in [0, 0.1) is 0 Å². The molecule has 0 saturated heterocycles. The quantitative estimate of drug-likeness (QED) is 0.518. The van der Waals surface area contributed by atoms with Crippen LogP contribution in [0.25, 0.3) is 10.9 Å². The average Bonchev–Trinajstić information content (AvgIpc) is 2.94. The number of rotatable bonds is 8. The third kappa shape index (κ3) is 3.76. The van der Waals surface area contributed by atoms with Crippen LogP contribution in [0.3, 0.4) is 0 Å². The van der Waals surface area contributed by atoms with Gasteiger partial charge in [0.2, 0.25) is 0 Å². The molecule has 0 radical (unpaired) electrons. The molecular formula is C18H23NO2. The third-order valence-electron chi connectivity index (χ3n) is 3.38. The van der Waals surface area contributed by atoms with Crippen molar-refractivity contribution < 1.29 is 9.47 Å². The van der Waals surface area contributed by atoms with E-state index in [1.165, 1.54) is 0 Å². The molecule has 1 atom stereocenters. The van der Waals surface area contributed by atoms with Crippen molar-refractivity contribution in [3.8, 4) is 5.75 Å². The first-order chi connectivity index (χ1) is 10.3. The molecule has 2 rings (SSSR count). The van der Waals surface area contributed by atoms with Crippen molar-refractivity contribution >= 4 is 10.9 Å². The second kappa shape index (κ2) is 7.70. The van der Waals surface area contributed by atoms with E-state index in [1.54, 1.807) is 7.11 Å². The molecule has 0 aliphatic heterocycles. The molecule has 0 unspecified atom stereocenters. The Morgan fingerprint density at radius 1 is 1.29 bits per heavy atom. The van der Waals surface area contributed by atoms with Gasteiger partial charge < -0.3 is 14.0 Å². The fourth-order valence-electron chi connectivity index (χ4n) is 2.29. The van der Waals surface area contributed by atoms with E-state index in [2.05, 4.69) is 36.3 Å². The Morgan fingerprint density at radius 2 is 2.14 bits per heavy atom. The van der Waals surface area contributed by atoms with Crippen LogP contribution in [0.2, 0.25) is 0 Å². The molecule has 0 aliphatic carbocycles. The maximum Gasteiger partial charge on any atom is 0.152 e. The highest BCUT2D eigenvalue weighted by Crippen LogP contribution is 2.25. The summed E-state index contributed by atoms with van der Waals surface area (Å²) in [7, 11) is 1.68. The number of nitrogens with zero attached hydrogens (tertiary/aromatic N) is 1. The average molecular weight is 285 g/mol. The molecular weight excluding hydrogens is 262 g/mol. The molecule has 0 N–H and O–H groups in total. The van der Waals surface area contributed by atoms with Gasteiger partial charge in [0.1, 0.15) is 5.75 Å². The number of methoxy groups -OCH3 is 1. The summed E-state index contributed by atoms with van der Waals surface area (Å²) >= 11 is 0. The highest BCUT2D eigenvalue weighted by molar-refractivity contribution is 5.81. The van der Waals surface area contributed by atoms with E-state index in [-0.39, 0.29) is 6.23 Å². The molecule has 0 aliphatic rings. The zero-order valence-corrected chi connectivity index (χ0v) is 12.8. The van der Waals surface area contributed by atoms with Gasteiger partial charge in [-0.1, -0.05) is 25.7 Å². The minimum absolute atomic E-state index is 0.147. The maximum absolute atomic E-state index is 5.91. The Labute approximate surface area is 126 Å². The predicted octanol–water partition coefficient (Wildman–Crippen LogP) is 4.71. The first-order valence-corrected chi connectivity index (χ1v) is 7.34. The second-order valence-electron chi connectivity index (χ2n) is 4.81. The molecule has 3 nitrogen and oxygen atoms in total. The summed E-state index contributed by atoms with van der Waals surface area (Å²) < 4.78 is 13.3. The minimum atomic E-state index is -0.147. The Hall–Kier alpha value is -2.00. The summed E-state index contributed by atoms with van der Waals surface area (Å²) in [5.41, 5.74) is 1.12. The van der Waals surface area contributed by atoms with Gasteiger partial charge in [-0.05, 0) is 43.2 Å². The van der Waals surface area contributed by atoms with Crippen LogP contribution < -0.4 is 4.74 Å². The van der Waals surface area contributed by atoms with Gasteiger partial charge in [0, 0.05) is 11.6 Å². The summed E-state index contributed by atoms with van der Waals surface area (Å²) in [4.78, 5) is 0. The van der Waals surface area contributed by atoms with Crippen molar-refractivity contribution in [1.29, 1.82) is 0 Å². The summed E-state index contributed by atoms with van der Waals surface area (Å²) in [6, 6.07) is 8.10. The fourth-order valence-corrected chi connectivity index (χ4v) is 2.29. The van der Waals surface area contributed by atoms with Gasteiger partial charge in [0.05, 0.1) is 19.2 Å². The summed E-state index contributed by atoms with van der Waals surface area (Å²) in [5, 5.41) is 1.13. The first-order valence-electron chi connectivity index (χ1n) is 7.34. The number of hydrogen-bond donors (Lipinski definition) is 0. The Morgan fingerprint density at radius 3 is 2.86 bits per heavy atom. The van der Waals surface area contributed by atoms with Crippen LogP contribution in [0.4, 0.5) is 0 Å². The van der Waals surface area contributed by atoms with Crippen molar-refractivity contribution in [3.63, 3.8) is 0 Å². The number of hydrogen-bond acceptors (Lipinski definition) is 2. The molecule has 3 heteroatoms. The van der Waals surface area contributed by atoms with Gasteiger partial charge in [-0.15, -0.1) is 0 Å². The monoisotopic (exact) mass is 285 g/mol. The molecule has 2 aromatic rings. The van der Waals surface area contributed by atoms with Crippen LogP contribution in [0.15, 0.2) is 55.3 Å². The van der Waals surface area contributed by atoms with E-state index < -0.39 is 0 Å². The van der Waals surface area contributed by atoms with Crippen molar-refractivity contribution in [3.05, 3.63) is 55.3 Å². The minimum Gasteiger partial charge on any atom is -0.497 e. The molecule has 0 spiro atoms. The largest absolute Gasteiger partial charge is 0.497 e. The number of benzene rings is 1. The Bertz CT molecular complexity index is 613. The zero-order valence-electron chi connectivity index (χ0n) is 12.8. The van der Waals surface area contributed by atoms with Crippen LogP contribution in [0.1, 0.15) is 26.0 Å². The van der Waals surface area contributed by atoms with Gasteiger partial charge in [0.25, 0.3) is 0 Å². The van der Waals surface area contributed by atoms with Crippen molar-refractivity contribution in [2.45, 2.75) is 26.0 Å². The van der Waals surface area contributed by atoms with Gasteiger partial charge in [-0.25, -0.2) is 0 Å². The maximum atomic E-state index is 5.91. The molecule has 0 saturated carbocycles. The molecule has 0 amide bonds. The van der Waals surface area contributed by atoms with Gasteiger partial charge in [-0.2, -0.15) is 0 Å². The van der Waals surface area contributed by atoms with Gasteiger partial charge in [0.15, 0.2) is 6.23 Å². The highest BCUT2D eigenvalue weighted by atomic mass is 16.5. The SMILES string of the molecule is C=C[C@H](OCC/C=C\CC)n1ccc2cc(OC)ccc21. The lowest BCUT2D eigenvalue weighted by atomic mass is 10.2. The van der Waals surface area contributed by atoms with Crippen LogP contribution >= 0.6 is 0 Å². The standard InChI is InChI=1S/C18H23NO2/c1-4-6-7-8-13-21-18(5-2)19-12-11-15-14-16(20-3)9-10-17(15)19/h5-7,9-12,14,18H,2,4,8,13H2,1,3H3/b7-6-/t18-/m0/s1. The number of allylic oxidation sites excluding steroid dienone is 1. The lowest BCUT2D eigenvalue weighted by Gasteiger charge is -2.17. The Kier molecular flexibility index (Phi) is 5.64. The van der Waals surface area contributed by atoms with E-state index in [9.17, 15) is 0 Å². The van der Waals surface area contributed by atoms with Crippen LogP contribution in [-0.4, -0.2) is 18.3 Å². The summed E-state index contributed by atoms with van der Waals surface area (Å²) in [5.74, 6) is 0.862. The molecule has 0 fully saturated rings. The number of aromatic nitrogens is 1. The molecule has 1 heterocycles. The molecule has 1 aromatic carbocycles. The van der Waals surface area contributed by atoms with Gasteiger partial charge in [-0.3, -0.25) is 0 Å². The van der Waals surface area contributed by atoms with Crippen molar-refractivity contribution in [2.24, 2.45) is 0 Å². The highest BCUT2D eigenvalue weighted by Gasteiger charge is 2.10. The van der Waals surface area contributed by atoms with E-state index in [4.69, 9.17) is 9.47 Å². The zero-order chi connectivity index (χ0) is 15.1. The van der Waals surface area contributed by atoms with E-state index >= 15 is 0 Å². The van der Waals surface area contributed by atoms with Crippen LogP contribution in [-0.2, 0) is 4.74 Å².